The molecule has 0 aliphatic rings. The first-order valence-electron chi connectivity index (χ1n) is 5.98. The van der Waals surface area contributed by atoms with Gasteiger partial charge in [-0.05, 0) is 36.0 Å². The van der Waals surface area contributed by atoms with Crippen LogP contribution in [-0.2, 0) is 5.41 Å². The van der Waals surface area contributed by atoms with E-state index < -0.39 is 0 Å². The van der Waals surface area contributed by atoms with E-state index in [0.29, 0.717) is 0 Å². The van der Waals surface area contributed by atoms with E-state index in [-0.39, 0.29) is 10.2 Å². The van der Waals surface area contributed by atoms with E-state index >= 15 is 0 Å². The molecule has 0 saturated heterocycles. The van der Waals surface area contributed by atoms with Crippen molar-refractivity contribution < 1.29 is 0 Å². The summed E-state index contributed by atoms with van der Waals surface area (Å²) in [5, 5.41) is 3.39. The lowest BCUT2D eigenvalue weighted by Crippen LogP contribution is -2.27. The van der Waals surface area contributed by atoms with Gasteiger partial charge >= 0.3 is 0 Å². The molecule has 0 aliphatic heterocycles. The molecule has 0 aromatic carbocycles. The summed E-state index contributed by atoms with van der Waals surface area (Å²) in [7, 11) is 0. The van der Waals surface area contributed by atoms with Crippen molar-refractivity contribution in [3.8, 4) is 0 Å². The van der Waals surface area contributed by atoms with Gasteiger partial charge in [-0.15, -0.1) is 0 Å². The Balaban J connectivity index is 2.88. The zero-order valence-electron chi connectivity index (χ0n) is 12.0. The number of hydrogen-bond donors (Lipinski definition) is 1. The molecular formula is C13H22BrN3S. The molecule has 1 aromatic rings. The minimum atomic E-state index is -0.0464. The number of aromatic nitrogens is 2. The lowest BCUT2D eigenvalue weighted by molar-refractivity contribution is 0.544. The van der Waals surface area contributed by atoms with Gasteiger partial charge in [0.05, 0.1) is 0 Å². The van der Waals surface area contributed by atoms with Crippen molar-refractivity contribution in [2.45, 2.75) is 44.8 Å². The molecule has 1 rings (SSSR count). The smallest absolute Gasteiger partial charge is 0.137 e. The second-order valence-corrected chi connectivity index (χ2v) is 8.29. The van der Waals surface area contributed by atoms with Crippen molar-refractivity contribution in [1.82, 2.24) is 9.97 Å². The zero-order chi connectivity index (χ0) is 14.0. The maximum absolute atomic E-state index is 4.58. The first-order valence-corrected chi connectivity index (χ1v) is 8.00. The van der Waals surface area contributed by atoms with E-state index in [2.05, 4.69) is 72.1 Å². The molecule has 1 heterocycles. The predicted molar refractivity (Wildman–Crippen MR) is 84.5 cm³/mol. The standard InChI is InChI=1S/C13H22BrN3S/c1-12(2,3)11-16-9(14)7-10(17-11)15-8-13(4,5)18-6/h7H,8H2,1-6H3,(H,15,16,17). The molecule has 0 atom stereocenters. The van der Waals surface area contributed by atoms with E-state index in [9.17, 15) is 0 Å². The van der Waals surface area contributed by atoms with Gasteiger partial charge < -0.3 is 5.32 Å². The van der Waals surface area contributed by atoms with Crippen LogP contribution in [0.25, 0.3) is 0 Å². The second-order valence-electron chi connectivity index (χ2n) is 5.97. The van der Waals surface area contributed by atoms with E-state index in [1.54, 1.807) is 0 Å². The minimum Gasteiger partial charge on any atom is -0.369 e. The molecule has 0 unspecified atom stereocenters. The van der Waals surface area contributed by atoms with Crippen molar-refractivity contribution in [3.05, 3.63) is 16.5 Å². The van der Waals surface area contributed by atoms with Crippen LogP contribution >= 0.6 is 27.7 Å². The number of anilines is 1. The Kier molecular flexibility index (Phi) is 5.06. The molecule has 18 heavy (non-hydrogen) atoms. The fourth-order valence-corrected chi connectivity index (χ4v) is 1.82. The monoisotopic (exact) mass is 331 g/mol. The average molecular weight is 332 g/mol. The number of nitrogens with zero attached hydrogens (tertiary/aromatic N) is 2. The van der Waals surface area contributed by atoms with Crippen molar-refractivity contribution in [2.75, 3.05) is 18.1 Å². The van der Waals surface area contributed by atoms with E-state index in [4.69, 9.17) is 0 Å². The lowest BCUT2D eigenvalue weighted by atomic mass is 9.96. The minimum absolute atomic E-state index is 0.0464. The third-order valence-corrected chi connectivity index (χ3v) is 4.27. The van der Waals surface area contributed by atoms with E-state index in [0.717, 1.165) is 22.8 Å². The summed E-state index contributed by atoms with van der Waals surface area (Å²) in [6, 6.07) is 1.92. The van der Waals surface area contributed by atoms with E-state index in [1.165, 1.54) is 0 Å². The van der Waals surface area contributed by atoms with Crippen LogP contribution in [0.5, 0.6) is 0 Å². The molecule has 3 nitrogen and oxygen atoms in total. The molecule has 0 amide bonds. The third kappa shape index (κ3) is 4.76. The highest BCUT2D eigenvalue weighted by molar-refractivity contribution is 9.10. The van der Waals surface area contributed by atoms with Gasteiger partial charge in [0, 0.05) is 22.8 Å². The van der Waals surface area contributed by atoms with Crippen LogP contribution in [0.4, 0.5) is 5.82 Å². The number of hydrogen-bond acceptors (Lipinski definition) is 4. The van der Waals surface area contributed by atoms with Crippen LogP contribution in [-0.4, -0.2) is 27.5 Å². The Morgan fingerprint density at radius 1 is 1.22 bits per heavy atom. The Hall–Kier alpha value is -0.290. The normalized spacial score (nSPS) is 12.6. The van der Waals surface area contributed by atoms with E-state index in [1.807, 2.05) is 17.8 Å². The Morgan fingerprint density at radius 3 is 2.33 bits per heavy atom. The van der Waals surface area contributed by atoms with Crippen LogP contribution in [0.1, 0.15) is 40.4 Å². The molecule has 102 valence electrons. The summed E-state index contributed by atoms with van der Waals surface area (Å²) in [6.45, 7) is 11.7. The number of thioether (sulfide) groups is 1. The Morgan fingerprint density at radius 2 is 1.83 bits per heavy atom. The molecule has 1 N–H and O–H groups in total. The van der Waals surface area contributed by atoms with Gasteiger partial charge in [-0.2, -0.15) is 11.8 Å². The molecule has 0 spiro atoms. The SMILES string of the molecule is CSC(C)(C)CNc1cc(Br)nc(C(C)(C)C)n1. The van der Waals surface area contributed by atoms with Crippen molar-refractivity contribution in [1.29, 1.82) is 0 Å². The topological polar surface area (TPSA) is 37.8 Å². The Labute approximate surface area is 123 Å². The summed E-state index contributed by atoms with van der Waals surface area (Å²) >= 11 is 5.29. The quantitative estimate of drug-likeness (QED) is 0.843. The summed E-state index contributed by atoms with van der Waals surface area (Å²) < 4.78 is 1.02. The summed E-state index contributed by atoms with van der Waals surface area (Å²) in [4.78, 5) is 9.01. The highest BCUT2D eigenvalue weighted by atomic mass is 79.9. The first kappa shape index (κ1) is 15.8. The highest BCUT2D eigenvalue weighted by Gasteiger charge is 2.20. The fourth-order valence-electron chi connectivity index (χ4n) is 1.22. The van der Waals surface area contributed by atoms with Crippen molar-refractivity contribution >= 4 is 33.5 Å². The van der Waals surface area contributed by atoms with Crippen LogP contribution in [0, 0.1) is 0 Å². The molecule has 0 radical (unpaired) electrons. The van der Waals surface area contributed by atoms with Gasteiger partial charge in [0.2, 0.25) is 0 Å². The molecule has 1 aromatic heterocycles. The third-order valence-electron chi connectivity index (χ3n) is 2.61. The molecule has 0 fully saturated rings. The fraction of sp³-hybridized carbons (Fsp3) is 0.692. The summed E-state index contributed by atoms with van der Waals surface area (Å²) in [5.74, 6) is 1.73. The van der Waals surface area contributed by atoms with Crippen LogP contribution in [0.2, 0.25) is 0 Å². The van der Waals surface area contributed by atoms with Gasteiger partial charge in [0.25, 0.3) is 0 Å². The van der Waals surface area contributed by atoms with Gasteiger partial charge in [0.15, 0.2) is 0 Å². The molecule has 0 bridgehead atoms. The molecule has 0 aliphatic carbocycles. The van der Waals surface area contributed by atoms with Crippen LogP contribution in [0.3, 0.4) is 0 Å². The number of rotatable bonds is 4. The average Bonchev–Trinajstić information content (AvgIpc) is 2.25. The Bertz CT molecular complexity index is 413. The largest absolute Gasteiger partial charge is 0.369 e. The predicted octanol–water partition coefficient (Wildman–Crippen LogP) is 4.09. The molecule has 0 saturated carbocycles. The zero-order valence-corrected chi connectivity index (χ0v) is 14.4. The molecular weight excluding hydrogens is 310 g/mol. The maximum Gasteiger partial charge on any atom is 0.137 e. The van der Waals surface area contributed by atoms with Gasteiger partial charge in [-0.1, -0.05) is 20.8 Å². The van der Waals surface area contributed by atoms with Gasteiger partial charge in [0.1, 0.15) is 16.2 Å². The molecule has 5 heteroatoms. The van der Waals surface area contributed by atoms with Crippen molar-refractivity contribution in [3.63, 3.8) is 0 Å². The number of nitrogens with one attached hydrogen (secondary N) is 1. The second kappa shape index (κ2) is 5.78. The lowest BCUT2D eigenvalue weighted by Gasteiger charge is -2.23. The van der Waals surface area contributed by atoms with Gasteiger partial charge in [-0.25, -0.2) is 9.97 Å². The van der Waals surface area contributed by atoms with Crippen molar-refractivity contribution in [2.24, 2.45) is 0 Å². The summed E-state index contributed by atoms with van der Waals surface area (Å²) in [5.41, 5.74) is -0.0464. The maximum atomic E-state index is 4.58. The van der Waals surface area contributed by atoms with Crippen LogP contribution < -0.4 is 5.32 Å². The van der Waals surface area contributed by atoms with Crippen LogP contribution in [0.15, 0.2) is 10.7 Å². The summed E-state index contributed by atoms with van der Waals surface area (Å²) in [6.07, 6.45) is 2.12. The first-order chi connectivity index (χ1) is 8.14. The number of halogens is 1. The highest BCUT2D eigenvalue weighted by Crippen LogP contribution is 2.24. The van der Waals surface area contributed by atoms with Gasteiger partial charge in [-0.3, -0.25) is 0 Å².